The molecule has 8 nitrogen and oxygen atoms in total. The summed E-state index contributed by atoms with van der Waals surface area (Å²) >= 11 is 0. The number of aromatic nitrogens is 3. The molecule has 0 bridgehead atoms. The molecule has 1 aromatic heterocycles. The average molecular weight is 516 g/mol. The largest absolute Gasteiger partial charge is 0.493 e. The molecular formula is C20H33IN6O2. The second-order valence-corrected chi connectivity index (χ2v) is 6.62. The number of aryl methyl sites for hydroxylation is 2. The third-order valence-electron chi connectivity index (χ3n) is 4.29. The van der Waals surface area contributed by atoms with Crippen molar-refractivity contribution in [2.24, 2.45) is 12.0 Å². The van der Waals surface area contributed by atoms with Gasteiger partial charge in [-0.15, -0.1) is 34.2 Å². The molecule has 0 saturated carbocycles. The predicted octanol–water partition coefficient (Wildman–Crippen LogP) is 2.72. The van der Waals surface area contributed by atoms with Gasteiger partial charge in [0, 0.05) is 26.3 Å². The first-order chi connectivity index (χ1) is 13.5. The zero-order valence-electron chi connectivity index (χ0n) is 18.0. The SMILES string of the molecule is CCCOc1cc(C)ccc1CN=C(NCCOC)NCc1nnc(C)n1C.I. The maximum Gasteiger partial charge on any atom is 0.192 e. The summed E-state index contributed by atoms with van der Waals surface area (Å²) < 4.78 is 13.0. The summed E-state index contributed by atoms with van der Waals surface area (Å²) in [7, 11) is 3.63. The Labute approximate surface area is 190 Å². The number of nitrogens with zero attached hydrogens (tertiary/aromatic N) is 4. The quantitative estimate of drug-likeness (QED) is 0.219. The van der Waals surface area contributed by atoms with Crippen molar-refractivity contribution in [2.45, 2.75) is 40.3 Å². The molecule has 1 aromatic carbocycles. The normalized spacial score (nSPS) is 11.1. The van der Waals surface area contributed by atoms with Gasteiger partial charge in [-0.3, -0.25) is 0 Å². The Bertz CT molecular complexity index is 778. The monoisotopic (exact) mass is 516 g/mol. The van der Waals surface area contributed by atoms with Crippen LogP contribution in [0.2, 0.25) is 0 Å². The first kappa shape index (κ1) is 25.2. The van der Waals surface area contributed by atoms with Crippen molar-refractivity contribution in [3.05, 3.63) is 41.0 Å². The molecule has 0 spiro atoms. The predicted molar refractivity (Wildman–Crippen MR) is 126 cm³/mol. The first-order valence-electron chi connectivity index (χ1n) is 9.63. The van der Waals surface area contributed by atoms with E-state index in [-0.39, 0.29) is 24.0 Å². The Morgan fingerprint density at radius 1 is 1.17 bits per heavy atom. The van der Waals surface area contributed by atoms with E-state index in [1.807, 2.05) is 18.5 Å². The van der Waals surface area contributed by atoms with Crippen LogP contribution in [-0.4, -0.2) is 47.6 Å². The minimum atomic E-state index is 0. The van der Waals surface area contributed by atoms with Crippen LogP contribution in [0.25, 0.3) is 0 Å². The van der Waals surface area contributed by atoms with E-state index in [0.717, 1.165) is 29.4 Å². The lowest BCUT2D eigenvalue weighted by atomic mass is 10.1. The van der Waals surface area contributed by atoms with Crippen molar-refractivity contribution >= 4 is 29.9 Å². The minimum absolute atomic E-state index is 0. The number of halogens is 1. The van der Waals surface area contributed by atoms with Crippen LogP contribution in [0.5, 0.6) is 5.75 Å². The van der Waals surface area contributed by atoms with Crippen LogP contribution in [0, 0.1) is 13.8 Å². The van der Waals surface area contributed by atoms with Crippen LogP contribution < -0.4 is 15.4 Å². The van der Waals surface area contributed by atoms with Crippen LogP contribution in [-0.2, 0) is 24.9 Å². The van der Waals surface area contributed by atoms with E-state index in [1.165, 1.54) is 5.56 Å². The topological polar surface area (TPSA) is 85.6 Å². The van der Waals surface area contributed by atoms with Crippen molar-refractivity contribution in [2.75, 3.05) is 26.9 Å². The highest BCUT2D eigenvalue weighted by atomic mass is 127. The van der Waals surface area contributed by atoms with Gasteiger partial charge in [-0.25, -0.2) is 4.99 Å². The molecule has 2 rings (SSSR count). The van der Waals surface area contributed by atoms with Gasteiger partial charge in [-0.2, -0.15) is 0 Å². The molecule has 0 aliphatic carbocycles. The molecule has 0 amide bonds. The van der Waals surface area contributed by atoms with Crippen LogP contribution in [0.4, 0.5) is 0 Å². The van der Waals surface area contributed by atoms with E-state index in [0.29, 0.717) is 38.8 Å². The van der Waals surface area contributed by atoms with Crippen molar-refractivity contribution in [1.82, 2.24) is 25.4 Å². The maximum absolute atomic E-state index is 5.89. The molecule has 29 heavy (non-hydrogen) atoms. The Morgan fingerprint density at radius 3 is 2.62 bits per heavy atom. The fourth-order valence-electron chi connectivity index (χ4n) is 2.52. The molecule has 0 aliphatic rings. The summed E-state index contributed by atoms with van der Waals surface area (Å²) in [4.78, 5) is 4.72. The van der Waals surface area contributed by atoms with Crippen molar-refractivity contribution in [1.29, 1.82) is 0 Å². The van der Waals surface area contributed by atoms with E-state index in [1.54, 1.807) is 7.11 Å². The van der Waals surface area contributed by atoms with Gasteiger partial charge in [0.15, 0.2) is 11.8 Å². The summed E-state index contributed by atoms with van der Waals surface area (Å²) in [5.41, 5.74) is 2.23. The number of hydrogen-bond donors (Lipinski definition) is 2. The number of methoxy groups -OCH3 is 1. The zero-order valence-corrected chi connectivity index (χ0v) is 20.3. The summed E-state index contributed by atoms with van der Waals surface area (Å²) in [6.07, 6.45) is 0.971. The molecule has 2 aromatic rings. The molecule has 0 fully saturated rings. The fraction of sp³-hybridized carbons (Fsp3) is 0.550. The average Bonchev–Trinajstić information content (AvgIpc) is 3.01. The summed E-state index contributed by atoms with van der Waals surface area (Å²) in [6.45, 7) is 9.09. The smallest absolute Gasteiger partial charge is 0.192 e. The lowest BCUT2D eigenvalue weighted by molar-refractivity contribution is 0.203. The molecule has 0 aliphatic heterocycles. The first-order valence-corrected chi connectivity index (χ1v) is 9.63. The van der Waals surface area contributed by atoms with Gasteiger partial charge in [-0.1, -0.05) is 19.1 Å². The van der Waals surface area contributed by atoms with Gasteiger partial charge < -0.3 is 24.7 Å². The number of hydrogen-bond acceptors (Lipinski definition) is 5. The minimum Gasteiger partial charge on any atom is -0.493 e. The molecule has 9 heteroatoms. The third kappa shape index (κ3) is 8.17. The number of rotatable bonds is 10. The van der Waals surface area contributed by atoms with Crippen LogP contribution >= 0.6 is 24.0 Å². The highest BCUT2D eigenvalue weighted by Crippen LogP contribution is 2.21. The summed E-state index contributed by atoms with van der Waals surface area (Å²) in [6, 6.07) is 6.22. The third-order valence-corrected chi connectivity index (χ3v) is 4.29. The fourth-order valence-corrected chi connectivity index (χ4v) is 2.52. The molecule has 0 saturated heterocycles. The van der Waals surface area contributed by atoms with E-state index in [2.05, 4.69) is 52.9 Å². The lowest BCUT2D eigenvalue weighted by Crippen LogP contribution is -2.39. The molecule has 0 atom stereocenters. The van der Waals surface area contributed by atoms with Crippen molar-refractivity contribution in [3.8, 4) is 5.75 Å². The summed E-state index contributed by atoms with van der Waals surface area (Å²) in [5, 5.41) is 14.9. The number of guanidine groups is 1. The molecule has 0 unspecified atom stereocenters. The van der Waals surface area contributed by atoms with Gasteiger partial charge >= 0.3 is 0 Å². The van der Waals surface area contributed by atoms with E-state index in [4.69, 9.17) is 14.5 Å². The van der Waals surface area contributed by atoms with E-state index >= 15 is 0 Å². The number of nitrogens with one attached hydrogen (secondary N) is 2. The van der Waals surface area contributed by atoms with Crippen LogP contribution in [0.15, 0.2) is 23.2 Å². The Kier molecular flexibility index (Phi) is 11.6. The van der Waals surface area contributed by atoms with Gasteiger partial charge in [-0.05, 0) is 31.9 Å². The molecular weight excluding hydrogens is 483 g/mol. The van der Waals surface area contributed by atoms with Gasteiger partial charge in [0.1, 0.15) is 11.6 Å². The highest BCUT2D eigenvalue weighted by molar-refractivity contribution is 14.0. The van der Waals surface area contributed by atoms with Crippen molar-refractivity contribution in [3.63, 3.8) is 0 Å². The van der Waals surface area contributed by atoms with Crippen molar-refractivity contribution < 1.29 is 9.47 Å². The zero-order chi connectivity index (χ0) is 20.4. The standard InChI is InChI=1S/C20H32N6O2.HI/c1-6-10-28-18-12-15(2)7-8-17(18)13-22-20(21-9-11-27-5)23-14-19-25-24-16(3)26(19)4;/h7-8,12H,6,9-11,13-14H2,1-5H3,(H2,21,22,23);1H. The Morgan fingerprint density at radius 2 is 1.97 bits per heavy atom. The number of aliphatic imine (C=N–C) groups is 1. The van der Waals surface area contributed by atoms with E-state index < -0.39 is 0 Å². The van der Waals surface area contributed by atoms with E-state index in [9.17, 15) is 0 Å². The van der Waals surface area contributed by atoms with Crippen LogP contribution in [0.3, 0.4) is 0 Å². The summed E-state index contributed by atoms with van der Waals surface area (Å²) in [5.74, 6) is 3.31. The second kappa shape index (κ2) is 13.4. The molecule has 0 radical (unpaired) electrons. The van der Waals surface area contributed by atoms with Gasteiger partial charge in [0.25, 0.3) is 0 Å². The second-order valence-electron chi connectivity index (χ2n) is 6.62. The molecule has 1 heterocycles. The maximum atomic E-state index is 5.89. The van der Waals surface area contributed by atoms with Gasteiger partial charge in [0.05, 0.1) is 26.3 Å². The van der Waals surface area contributed by atoms with Gasteiger partial charge in [0.2, 0.25) is 0 Å². The number of ether oxygens (including phenoxy) is 2. The Hall–Kier alpha value is -1.88. The Balaban J connectivity index is 0.00000420. The number of benzene rings is 1. The van der Waals surface area contributed by atoms with Crippen LogP contribution in [0.1, 0.15) is 36.1 Å². The lowest BCUT2D eigenvalue weighted by Gasteiger charge is -2.14. The molecule has 162 valence electrons. The highest BCUT2D eigenvalue weighted by Gasteiger charge is 2.08. The molecule has 2 N–H and O–H groups in total.